The molecule has 0 unspecified atom stereocenters. The largest absolute Gasteiger partial charge is 0.113 e. The van der Waals surface area contributed by atoms with Gasteiger partial charge in [-0.15, -0.1) is 11.6 Å². The summed E-state index contributed by atoms with van der Waals surface area (Å²) in [6, 6.07) is 8.22. The van der Waals surface area contributed by atoms with Crippen LogP contribution in [0.5, 0.6) is 0 Å². The minimum atomic E-state index is 0.399. The summed E-state index contributed by atoms with van der Waals surface area (Å²) < 4.78 is 0. The van der Waals surface area contributed by atoms with Crippen LogP contribution in [0.15, 0.2) is 24.3 Å². The smallest absolute Gasteiger partial charge is 0.0839 e. The molecule has 0 spiro atoms. The summed E-state index contributed by atoms with van der Waals surface area (Å²) in [6.07, 6.45) is 1.05. The summed E-state index contributed by atoms with van der Waals surface area (Å²) in [7, 11) is 0. The summed E-state index contributed by atoms with van der Waals surface area (Å²) in [4.78, 5) is 0. The molecule has 62 valence electrons. The normalized spacial score (nSPS) is 8.83. The van der Waals surface area contributed by atoms with Crippen molar-refractivity contribution >= 4 is 11.6 Å². The monoisotopic (exact) mass is 178 g/mol. The van der Waals surface area contributed by atoms with Crippen molar-refractivity contribution in [2.45, 2.75) is 13.3 Å². The van der Waals surface area contributed by atoms with Crippen LogP contribution in [0.3, 0.4) is 0 Å². The lowest BCUT2D eigenvalue weighted by atomic mass is 10.1. The number of hydrogen-bond donors (Lipinski definition) is 0. The summed E-state index contributed by atoms with van der Waals surface area (Å²) in [6.45, 7) is 2.13. The minimum absolute atomic E-state index is 0.399. The molecule has 1 aromatic carbocycles. The van der Waals surface area contributed by atoms with Crippen molar-refractivity contribution in [2.75, 3.05) is 5.88 Å². The number of aryl methyl sites for hydroxylation is 1. The third kappa shape index (κ3) is 2.60. The molecule has 0 bridgehead atoms. The van der Waals surface area contributed by atoms with Crippen LogP contribution in [0.4, 0.5) is 0 Å². The quantitative estimate of drug-likeness (QED) is 0.458. The van der Waals surface area contributed by atoms with Gasteiger partial charge < -0.3 is 0 Å². The Balaban J connectivity index is 2.86. The number of halogens is 1. The van der Waals surface area contributed by atoms with Crippen molar-refractivity contribution in [2.24, 2.45) is 0 Å². The second-order valence-corrected chi connectivity index (χ2v) is 2.76. The van der Waals surface area contributed by atoms with Crippen molar-refractivity contribution in [3.63, 3.8) is 0 Å². The van der Waals surface area contributed by atoms with Crippen molar-refractivity contribution < 1.29 is 0 Å². The van der Waals surface area contributed by atoms with Gasteiger partial charge in [-0.1, -0.05) is 30.9 Å². The van der Waals surface area contributed by atoms with E-state index in [9.17, 15) is 0 Å². The number of alkyl halides is 1. The SMILES string of the molecule is CCc1cccc(C#CCCl)c1. The van der Waals surface area contributed by atoms with Crippen LogP contribution in [0.25, 0.3) is 0 Å². The van der Waals surface area contributed by atoms with Gasteiger partial charge in [0.25, 0.3) is 0 Å². The highest BCUT2D eigenvalue weighted by Gasteiger charge is 1.89. The lowest BCUT2D eigenvalue weighted by Gasteiger charge is -1.95. The summed E-state index contributed by atoms with van der Waals surface area (Å²) in [5, 5.41) is 0. The Labute approximate surface area is 78.6 Å². The molecule has 1 aromatic rings. The van der Waals surface area contributed by atoms with Gasteiger partial charge in [-0.2, -0.15) is 0 Å². The first-order valence-corrected chi connectivity index (χ1v) is 4.54. The first-order chi connectivity index (χ1) is 5.86. The van der Waals surface area contributed by atoms with E-state index in [1.165, 1.54) is 5.56 Å². The van der Waals surface area contributed by atoms with Crippen LogP contribution in [0.1, 0.15) is 18.1 Å². The number of hydrogen-bond acceptors (Lipinski definition) is 0. The van der Waals surface area contributed by atoms with Gasteiger partial charge in [0, 0.05) is 5.56 Å². The highest BCUT2D eigenvalue weighted by molar-refractivity contribution is 6.19. The molecule has 0 N–H and O–H groups in total. The van der Waals surface area contributed by atoms with Crippen LogP contribution in [-0.2, 0) is 6.42 Å². The number of benzene rings is 1. The van der Waals surface area contributed by atoms with Gasteiger partial charge in [0.2, 0.25) is 0 Å². The molecule has 0 aromatic heterocycles. The van der Waals surface area contributed by atoms with Crippen LogP contribution in [0.2, 0.25) is 0 Å². The molecule has 1 heteroatoms. The van der Waals surface area contributed by atoms with E-state index in [0.717, 1.165) is 12.0 Å². The summed E-state index contributed by atoms with van der Waals surface area (Å²) in [5.74, 6) is 6.22. The van der Waals surface area contributed by atoms with Crippen molar-refractivity contribution in [1.29, 1.82) is 0 Å². The molecule has 0 amide bonds. The second-order valence-electron chi connectivity index (χ2n) is 2.49. The molecule has 0 aliphatic carbocycles. The van der Waals surface area contributed by atoms with Gasteiger partial charge in [-0.3, -0.25) is 0 Å². The number of rotatable bonds is 1. The molecular formula is C11H11Cl. The average Bonchev–Trinajstić information content (AvgIpc) is 2.15. The average molecular weight is 179 g/mol. The Hall–Kier alpha value is -0.930. The Bertz CT molecular complexity index is 304. The fourth-order valence-electron chi connectivity index (χ4n) is 1.00. The van der Waals surface area contributed by atoms with E-state index in [4.69, 9.17) is 11.6 Å². The van der Waals surface area contributed by atoms with Crippen molar-refractivity contribution in [3.8, 4) is 11.8 Å². The predicted molar refractivity (Wildman–Crippen MR) is 53.4 cm³/mol. The third-order valence-electron chi connectivity index (χ3n) is 1.63. The van der Waals surface area contributed by atoms with E-state index in [-0.39, 0.29) is 0 Å². The van der Waals surface area contributed by atoms with Crippen LogP contribution >= 0.6 is 11.6 Å². The van der Waals surface area contributed by atoms with Gasteiger partial charge in [-0.25, -0.2) is 0 Å². The second kappa shape index (κ2) is 4.85. The molecule has 12 heavy (non-hydrogen) atoms. The molecule has 0 aliphatic heterocycles. The Morgan fingerprint density at radius 2 is 2.25 bits per heavy atom. The molecule has 1 rings (SSSR count). The van der Waals surface area contributed by atoms with E-state index in [0.29, 0.717) is 5.88 Å². The molecular weight excluding hydrogens is 168 g/mol. The van der Waals surface area contributed by atoms with Gasteiger partial charge >= 0.3 is 0 Å². The van der Waals surface area contributed by atoms with Crippen molar-refractivity contribution in [1.82, 2.24) is 0 Å². The van der Waals surface area contributed by atoms with E-state index >= 15 is 0 Å². The minimum Gasteiger partial charge on any atom is -0.113 e. The Morgan fingerprint density at radius 1 is 1.42 bits per heavy atom. The van der Waals surface area contributed by atoms with Gasteiger partial charge in [-0.05, 0) is 24.1 Å². The summed E-state index contributed by atoms with van der Waals surface area (Å²) in [5.41, 5.74) is 2.37. The first kappa shape index (κ1) is 9.16. The van der Waals surface area contributed by atoms with E-state index < -0.39 is 0 Å². The topological polar surface area (TPSA) is 0 Å². The maximum Gasteiger partial charge on any atom is 0.0839 e. The van der Waals surface area contributed by atoms with Crippen LogP contribution < -0.4 is 0 Å². The van der Waals surface area contributed by atoms with Gasteiger partial charge in [0.15, 0.2) is 0 Å². The predicted octanol–water partition coefficient (Wildman–Crippen LogP) is 2.84. The molecule has 0 atom stereocenters. The zero-order valence-electron chi connectivity index (χ0n) is 7.10. The summed E-state index contributed by atoms with van der Waals surface area (Å²) >= 11 is 5.45. The Kier molecular flexibility index (Phi) is 3.70. The first-order valence-electron chi connectivity index (χ1n) is 4.00. The standard InChI is InChI=1S/C11H11Cl/c1-2-10-5-3-6-11(9-10)7-4-8-12/h3,5-6,9H,2,8H2,1H3. The van der Waals surface area contributed by atoms with Crippen LogP contribution in [0, 0.1) is 11.8 Å². The highest BCUT2D eigenvalue weighted by atomic mass is 35.5. The Morgan fingerprint density at radius 3 is 2.92 bits per heavy atom. The van der Waals surface area contributed by atoms with E-state index in [2.05, 4.69) is 30.9 Å². The maximum atomic E-state index is 5.45. The lowest BCUT2D eigenvalue weighted by Crippen LogP contribution is -1.81. The fourth-order valence-corrected chi connectivity index (χ4v) is 1.07. The lowest BCUT2D eigenvalue weighted by molar-refractivity contribution is 1.14. The zero-order chi connectivity index (χ0) is 8.81. The fraction of sp³-hybridized carbons (Fsp3) is 0.273. The van der Waals surface area contributed by atoms with E-state index in [1.807, 2.05) is 12.1 Å². The van der Waals surface area contributed by atoms with E-state index in [1.54, 1.807) is 0 Å². The molecule has 0 nitrogen and oxygen atoms in total. The molecule has 0 saturated carbocycles. The molecule has 0 aliphatic rings. The third-order valence-corrected chi connectivity index (χ3v) is 1.77. The molecule has 0 radical (unpaired) electrons. The zero-order valence-corrected chi connectivity index (χ0v) is 7.86. The molecule has 0 heterocycles. The van der Waals surface area contributed by atoms with Crippen LogP contribution in [-0.4, -0.2) is 5.88 Å². The highest BCUT2D eigenvalue weighted by Crippen LogP contribution is 2.04. The van der Waals surface area contributed by atoms with Crippen molar-refractivity contribution in [3.05, 3.63) is 35.4 Å². The van der Waals surface area contributed by atoms with Gasteiger partial charge in [0.05, 0.1) is 5.88 Å². The molecule has 0 saturated heterocycles. The van der Waals surface area contributed by atoms with Gasteiger partial charge in [0.1, 0.15) is 0 Å². The maximum absolute atomic E-state index is 5.45. The molecule has 0 fully saturated rings.